The van der Waals surface area contributed by atoms with E-state index < -0.39 is 8.32 Å². The zero-order valence-corrected chi connectivity index (χ0v) is 22.4. The number of rotatable bonds is 7. The van der Waals surface area contributed by atoms with Gasteiger partial charge in [0.25, 0.3) is 0 Å². The average Bonchev–Trinajstić information content (AvgIpc) is 2.81. The molecule has 5 nitrogen and oxygen atoms in total. The molecule has 2 aromatic carbocycles. The molecule has 0 spiro atoms. The van der Waals surface area contributed by atoms with Gasteiger partial charge >= 0.3 is 6.09 Å². The molecule has 0 aliphatic carbocycles. The van der Waals surface area contributed by atoms with Gasteiger partial charge in [-0.1, -0.05) is 70.2 Å². The second-order valence-electron chi connectivity index (χ2n) is 10.6. The van der Waals surface area contributed by atoms with E-state index in [0.717, 1.165) is 17.5 Å². The third kappa shape index (κ3) is 6.30. The van der Waals surface area contributed by atoms with Crippen molar-refractivity contribution < 1.29 is 19.1 Å². The molecule has 0 saturated carbocycles. The van der Waals surface area contributed by atoms with Gasteiger partial charge in [0.2, 0.25) is 0 Å². The summed E-state index contributed by atoms with van der Waals surface area (Å²) in [6.07, 6.45) is 1.24. The van der Waals surface area contributed by atoms with E-state index in [0.29, 0.717) is 19.6 Å². The van der Waals surface area contributed by atoms with E-state index in [1.54, 1.807) is 12.1 Å². The molecule has 6 heteroatoms. The number of hydrogen-bond donors (Lipinski definition) is 1. The number of hydrogen-bond acceptors (Lipinski definition) is 4. The van der Waals surface area contributed by atoms with Gasteiger partial charge in [-0.25, -0.2) is 4.79 Å². The average molecular weight is 482 g/mol. The monoisotopic (exact) mass is 481 g/mol. The summed E-state index contributed by atoms with van der Waals surface area (Å²) in [4.78, 5) is 15.1. The summed E-state index contributed by atoms with van der Waals surface area (Å²) >= 11 is 0. The Hall–Kier alpha value is -2.57. The highest BCUT2D eigenvalue weighted by atomic mass is 28.4. The first kappa shape index (κ1) is 26.0. The maximum Gasteiger partial charge on any atom is 0.410 e. The van der Waals surface area contributed by atoms with Gasteiger partial charge in [-0.05, 0) is 65.4 Å². The van der Waals surface area contributed by atoms with Crippen LogP contribution in [-0.4, -0.2) is 43.6 Å². The number of nitrogens with zero attached hydrogens (tertiary/aromatic N) is 1. The highest BCUT2D eigenvalue weighted by molar-refractivity contribution is 6.74. The zero-order chi connectivity index (χ0) is 24.9. The number of ether oxygens (including phenoxy) is 1. The van der Waals surface area contributed by atoms with Gasteiger partial charge in [0.1, 0.15) is 12.4 Å². The zero-order valence-electron chi connectivity index (χ0n) is 21.4. The molecule has 34 heavy (non-hydrogen) atoms. The molecular weight excluding hydrogens is 442 g/mol. The van der Waals surface area contributed by atoms with E-state index in [4.69, 9.17) is 9.16 Å². The molecule has 2 aromatic rings. The fourth-order valence-corrected chi connectivity index (χ4v) is 4.96. The minimum Gasteiger partial charge on any atom is -0.508 e. The van der Waals surface area contributed by atoms with E-state index in [1.807, 2.05) is 47.4 Å². The van der Waals surface area contributed by atoms with Crippen molar-refractivity contribution >= 4 is 20.0 Å². The van der Waals surface area contributed by atoms with Crippen LogP contribution in [0.15, 0.2) is 60.2 Å². The van der Waals surface area contributed by atoms with Crippen molar-refractivity contribution in [2.45, 2.75) is 71.3 Å². The Kier molecular flexibility index (Phi) is 8.26. The van der Waals surface area contributed by atoms with Gasteiger partial charge in [0, 0.05) is 6.54 Å². The third-order valence-electron chi connectivity index (χ3n) is 7.19. The van der Waals surface area contributed by atoms with Gasteiger partial charge < -0.3 is 14.3 Å². The highest BCUT2D eigenvalue weighted by Crippen LogP contribution is 2.38. The Morgan fingerprint density at radius 1 is 1.09 bits per heavy atom. The van der Waals surface area contributed by atoms with Crippen LogP contribution >= 0.6 is 0 Å². The Labute approximate surface area is 205 Å². The summed E-state index contributed by atoms with van der Waals surface area (Å²) in [6, 6.07) is 17.0. The standard InChI is InChI=1S/C28H39NO4Si/c1-7-22-18-29(27(31)32-19-21-11-9-8-10-12-21)24(20-33-34(5,6)28(2,3)4)17-26(22)23-13-15-25(30)16-14-23/h8-16,24,30H,7,17-20H2,1-6H3. The van der Waals surface area contributed by atoms with Crippen LogP contribution in [0.5, 0.6) is 5.75 Å². The number of phenolic OH excluding ortho intramolecular Hbond substituents is 1. The molecule has 1 heterocycles. The van der Waals surface area contributed by atoms with Crippen LogP contribution in [0.4, 0.5) is 4.79 Å². The quantitative estimate of drug-likeness (QED) is 0.433. The van der Waals surface area contributed by atoms with Crippen molar-refractivity contribution in [3.8, 4) is 5.75 Å². The molecule has 0 aromatic heterocycles. The van der Waals surface area contributed by atoms with E-state index in [9.17, 15) is 9.90 Å². The minimum atomic E-state index is -1.99. The summed E-state index contributed by atoms with van der Waals surface area (Å²) < 4.78 is 12.3. The maximum atomic E-state index is 13.3. The second-order valence-corrected chi connectivity index (χ2v) is 15.4. The molecule has 0 saturated heterocycles. The van der Waals surface area contributed by atoms with Crippen molar-refractivity contribution in [1.82, 2.24) is 4.90 Å². The second kappa shape index (κ2) is 10.8. The van der Waals surface area contributed by atoms with Crippen molar-refractivity contribution in [3.05, 3.63) is 71.3 Å². The molecule has 1 atom stereocenters. The van der Waals surface area contributed by atoms with Crippen LogP contribution in [0.3, 0.4) is 0 Å². The fraction of sp³-hybridized carbons (Fsp3) is 0.464. The summed E-state index contributed by atoms with van der Waals surface area (Å²) in [5.41, 5.74) is 4.51. The first-order chi connectivity index (χ1) is 16.0. The van der Waals surface area contributed by atoms with Crippen LogP contribution in [0.2, 0.25) is 18.1 Å². The number of carbonyl (C=O) groups excluding carboxylic acids is 1. The SMILES string of the molecule is CCC1=C(c2ccc(O)cc2)CC(CO[Si](C)(C)C(C)(C)C)N(C(=O)OCc2ccccc2)C1. The topological polar surface area (TPSA) is 59.0 Å². The van der Waals surface area contributed by atoms with Crippen molar-refractivity contribution in [3.63, 3.8) is 0 Å². The molecule has 0 fully saturated rings. The molecule has 1 aliphatic heterocycles. The van der Waals surface area contributed by atoms with Gasteiger partial charge in [-0.15, -0.1) is 0 Å². The molecule has 0 bridgehead atoms. The molecule has 1 amide bonds. The smallest absolute Gasteiger partial charge is 0.410 e. The molecule has 1 aliphatic rings. The first-order valence-electron chi connectivity index (χ1n) is 12.1. The van der Waals surface area contributed by atoms with E-state index in [1.165, 1.54) is 11.1 Å². The lowest BCUT2D eigenvalue weighted by molar-refractivity contribution is 0.0683. The summed E-state index contributed by atoms with van der Waals surface area (Å²) in [5.74, 6) is 0.252. The summed E-state index contributed by atoms with van der Waals surface area (Å²) in [6.45, 7) is 14.5. The van der Waals surface area contributed by atoms with Crippen molar-refractivity contribution in [2.24, 2.45) is 0 Å². The molecule has 0 radical (unpaired) electrons. The van der Waals surface area contributed by atoms with Crippen molar-refractivity contribution in [1.29, 1.82) is 0 Å². The number of carbonyl (C=O) groups is 1. The lowest BCUT2D eigenvalue weighted by Gasteiger charge is -2.41. The van der Waals surface area contributed by atoms with E-state index in [-0.39, 0.29) is 29.5 Å². The van der Waals surface area contributed by atoms with E-state index >= 15 is 0 Å². The Balaban J connectivity index is 1.85. The van der Waals surface area contributed by atoms with Gasteiger partial charge in [0.15, 0.2) is 8.32 Å². The van der Waals surface area contributed by atoms with Crippen LogP contribution in [0.25, 0.3) is 5.57 Å². The number of benzene rings is 2. The molecule has 3 rings (SSSR count). The normalized spacial score (nSPS) is 17.1. The largest absolute Gasteiger partial charge is 0.508 e. The van der Waals surface area contributed by atoms with Crippen molar-refractivity contribution in [2.75, 3.05) is 13.2 Å². The van der Waals surface area contributed by atoms with Gasteiger partial charge in [-0.2, -0.15) is 0 Å². The molecule has 1 unspecified atom stereocenters. The number of amides is 1. The van der Waals surface area contributed by atoms with Gasteiger partial charge in [-0.3, -0.25) is 4.90 Å². The lowest BCUT2D eigenvalue weighted by atomic mass is 9.88. The molecule has 184 valence electrons. The minimum absolute atomic E-state index is 0.0878. The van der Waals surface area contributed by atoms with Crippen LogP contribution < -0.4 is 0 Å². The molecule has 1 N–H and O–H groups in total. The number of aromatic hydroxyl groups is 1. The summed E-state index contributed by atoms with van der Waals surface area (Å²) in [7, 11) is -1.99. The highest BCUT2D eigenvalue weighted by Gasteiger charge is 2.40. The lowest BCUT2D eigenvalue weighted by Crippen LogP contribution is -2.50. The van der Waals surface area contributed by atoms with E-state index in [2.05, 4.69) is 40.8 Å². The fourth-order valence-electron chi connectivity index (χ4n) is 3.92. The summed E-state index contributed by atoms with van der Waals surface area (Å²) in [5, 5.41) is 9.83. The van der Waals surface area contributed by atoms with Crippen LogP contribution in [0, 0.1) is 0 Å². The predicted octanol–water partition coefficient (Wildman–Crippen LogP) is 6.99. The van der Waals surface area contributed by atoms with Gasteiger partial charge in [0.05, 0.1) is 12.6 Å². The Morgan fingerprint density at radius 2 is 1.74 bits per heavy atom. The maximum absolute atomic E-state index is 13.3. The first-order valence-corrected chi connectivity index (χ1v) is 15.0. The number of phenols is 1. The van der Waals surface area contributed by atoms with Crippen LogP contribution in [-0.2, 0) is 15.8 Å². The van der Waals surface area contributed by atoms with Crippen LogP contribution in [0.1, 0.15) is 51.7 Å². The Morgan fingerprint density at radius 3 is 2.32 bits per heavy atom. The molecular formula is C28H39NO4Si. The predicted molar refractivity (Wildman–Crippen MR) is 140 cm³/mol. The third-order valence-corrected chi connectivity index (χ3v) is 11.7. The Bertz CT molecular complexity index is 993.